The molecular weight excluding hydrogens is 767 g/mol. The first-order chi connectivity index (χ1) is 30.7. The monoisotopic (exact) mass is 797 g/mol. The van der Waals surface area contributed by atoms with Crippen LogP contribution in [0.2, 0.25) is 0 Å². The van der Waals surface area contributed by atoms with Crippen molar-refractivity contribution in [3.05, 3.63) is 194 Å². The highest BCUT2D eigenvalue weighted by atomic mass is 16.6. The van der Waals surface area contributed by atoms with E-state index in [-0.39, 0.29) is 0 Å². The van der Waals surface area contributed by atoms with Gasteiger partial charge in [-0.3, -0.25) is 0 Å². The molecule has 8 aromatic carbocycles. The zero-order valence-corrected chi connectivity index (χ0v) is 32.8. The molecule has 3 heterocycles. The Balaban J connectivity index is 1.20. The lowest BCUT2D eigenvalue weighted by molar-refractivity contribution is 0.361. The van der Waals surface area contributed by atoms with E-state index in [1.165, 1.54) is 0 Å². The van der Waals surface area contributed by atoms with Crippen LogP contribution in [0.5, 0.6) is 23.0 Å². The summed E-state index contributed by atoms with van der Waals surface area (Å²) in [6.45, 7) is 0. The van der Waals surface area contributed by atoms with E-state index < -0.39 is 0 Å². The fourth-order valence-electron chi connectivity index (χ4n) is 7.76. The van der Waals surface area contributed by atoms with E-state index in [1.807, 2.05) is 170 Å². The van der Waals surface area contributed by atoms with Crippen LogP contribution >= 0.6 is 0 Å². The van der Waals surface area contributed by atoms with Crippen molar-refractivity contribution >= 4 is 10.8 Å². The van der Waals surface area contributed by atoms with E-state index in [4.69, 9.17) is 39.4 Å². The Morgan fingerprint density at radius 1 is 0.355 bits per heavy atom. The number of hydrogen-bond acceptors (Lipinski definition) is 9. The summed E-state index contributed by atoms with van der Waals surface area (Å²) in [5.41, 5.74) is 5.89. The molecule has 0 fully saturated rings. The second-order valence-electron chi connectivity index (χ2n) is 14.6. The van der Waals surface area contributed by atoms with Gasteiger partial charge in [0.1, 0.15) is 0 Å². The van der Waals surface area contributed by atoms with Crippen LogP contribution in [0, 0.1) is 11.3 Å². The third-order valence-corrected chi connectivity index (χ3v) is 10.7. The first kappa shape index (κ1) is 36.2. The minimum atomic E-state index is 0.324. The standard InChI is InChI=1S/C53H31N7O2/c54-32-38-30-37(51-56-50(36-21-8-3-9-22-36)57-52(60-51)40-25-14-23-33-16-10-11-24-39(33)40)31-42(46(38)41-26-15-29-45-47(41)62-44-28-13-12-27-43(44)61-45)53-58-48(34-17-4-1-5-18-34)55-49(59-53)35-19-6-2-7-20-35/h1-31H. The third-order valence-electron chi connectivity index (χ3n) is 10.7. The van der Waals surface area contributed by atoms with Crippen LogP contribution in [0.1, 0.15) is 5.56 Å². The molecule has 1 aliphatic rings. The van der Waals surface area contributed by atoms with Crippen LogP contribution in [0.25, 0.3) is 90.2 Å². The molecule has 0 saturated heterocycles. The maximum Gasteiger partial charge on any atom is 0.178 e. The molecule has 10 aromatic rings. The number of benzene rings is 8. The number of fused-ring (bicyclic) bond motifs is 3. The molecule has 0 aliphatic carbocycles. The van der Waals surface area contributed by atoms with Gasteiger partial charge >= 0.3 is 0 Å². The molecule has 11 rings (SSSR count). The van der Waals surface area contributed by atoms with Gasteiger partial charge in [-0.1, -0.05) is 158 Å². The Morgan fingerprint density at radius 2 is 0.806 bits per heavy atom. The van der Waals surface area contributed by atoms with Crippen LogP contribution < -0.4 is 9.47 Å². The second-order valence-corrected chi connectivity index (χ2v) is 14.6. The van der Waals surface area contributed by atoms with Gasteiger partial charge in [0.05, 0.1) is 11.6 Å². The molecule has 0 atom stereocenters. The summed E-state index contributed by atoms with van der Waals surface area (Å²) in [6, 6.07) is 63.1. The Labute approximate surface area is 356 Å². The quantitative estimate of drug-likeness (QED) is 0.155. The second kappa shape index (κ2) is 15.4. The fraction of sp³-hybridized carbons (Fsp3) is 0. The average molecular weight is 798 g/mol. The summed E-state index contributed by atoms with van der Waals surface area (Å²) in [5, 5.41) is 13.3. The van der Waals surface area contributed by atoms with E-state index >= 15 is 0 Å². The normalized spacial score (nSPS) is 11.5. The predicted molar refractivity (Wildman–Crippen MR) is 240 cm³/mol. The van der Waals surface area contributed by atoms with Crippen molar-refractivity contribution in [1.82, 2.24) is 29.9 Å². The van der Waals surface area contributed by atoms with E-state index in [9.17, 15) is 5.26 Å². The highest BCUT2D eigenvalue weighted by Crippen LogP contribution is 2.52. The van der Waals surface area contributed by atoms with E-state index in [2.05, 4.69) is 24.3 Å². The molecule has 62 heavy (non-hydrogen) atoms. The molecule has 0 amide bonds. The molecular formula is C53H31N7O2. The highest BCUT2D eigenvalue weighted by Gasteiger charge is 2.28. The van der Waals surface area contributed by atoms with Crippen molar-refractivity contribution in [2.24, 2.45) is 0 Å². The van der Waals surface area contributed by atoms with Crippen LogP contribution in [-0.4, -0.2) is 29.9 Å². The fourth-order valence-corrected chi connectivity index (χ4v) is 7.76. The molecule has 0 N–H and O–H groups in total. The Hall–Kier alpha value is -8.87. The molecule has 290 valence electrons. The predicted octanol–water partition coefficient (Wildman–Crippen LogP) is 12.6. The maximum atomic E-state index is 11.2. The lowest BCUT2D eigenvalue weighted by atomic mass is 9.90. The van der Waals surface area contributed by atoms with Crippen LogP contribution in [0.4, 0.5) is 0 Å². The largest absolute Gasteiger partial charge is 0.449 e. The lowest BCUT2D eigenvalue weighted by Crippen LogP contribution is -2.05. The van der Waals surface area contributed by atoms with Gasteiger partial charge in [-0.15, -0.1) is 0 Å². The molecule has 9 heteroatoms. The Bertz CT molecular complexity index is 3310. The number of para-hydroxylation sites is 3. The van der Waals surface area contributed by atoms with E-state index in [1.54, 1.807) is 0 Å². The lowest BCUT2D eigenvalue weighted by Gasteiger charge is -2.24. The zero-order chi connectivity index (χ0) is 41.4. The summed E-state index contributed by atoms with van der Waals surface area (Å²) < 4.78 is 13.0. The summed E-state index contributed by atoms with van der Waals surface area (Å²) in [5.74, 6) is 4.75. The van der Waals surface area contributed by atoms with Crippen molar-refractivity contribution in [3.63, 3.8) is 0 Å². The van der Waals surface area contributed by atoms with Gasteiger partial charge in [0.2, 0.25) is 0 Å². The Kier molecular flexibility index (Phi) is 8.99. The van der Waals surface area contributed by atoms with Crippen LogP contribution in [0.15, 0.2) is 188 Å². The van der Waals surface area contributed by atoms with Crippen LogP contribution in [0.3, 0.4) is 0 Å². The first-order valence-electron chi connectivity index (χ1n) is 20.0. The van der Waals surface area contributed by atoms with Gasteiger partial charge in [0.25, 0.3) is 0 Å². The molecule has 1 aliphatic heterocycles. The van der Waals surface area contributed by atoms with Crippen LogP contribution in [-0.2, 0) is 0 Å². The number of ether oxygens (including phenoxy) is 2. The maximum absolute atomic E-state index is 11.2. The number of hydrogen-bond donors (Lipinski definition) is 0. The summed E-state index contributed by atoms with van der Waals surface area (Å²) in [4.78, 5) is 30.6. The smallest absolute Gasteiger partial charge is 0.178 e. The topological polar surface area (TPSA) is 120 Å². The van der Waals surface area contributed by atoms with Crippen molar-refractivity contribution < 1.29 is 9.47 Å². The van der Waals surface area contributed by atoms with Gasteiger partial charge < -0.3 is 9.47 Å². The zero-order valence-electron chi connectivity index (χ0n) is 32.8. The summed E-state index contributed by atoms with van der Waals surface area (Å²) in [6.07, 6.45) is 0. The molecule has 2 aromatic heterocycles. The minimum absolute atomic E-state index is 0.324. The molecule has 0 bridgehead atoms. The number of aromatic nitrogens is 6. The van der Waals surface area contributed by atoms with Gasteiger partial charge in [-0.2, -0.15) is 5.26 Å². The van der Waals surface area contributed by atoms with Crippen molar-refractivity contribution in [2.75, 3.05) is 0 Å². The first-order valence-corrected chi connectivity index (χ1v) is 20.0. The van der Waals surface area contributed by atoms with Gasteiger partial charge in [0, 0.05) is 44.5 Å². The molecule has 0 radical (unpaired) electrons. The van der Waals surface area contributed by atoms with Crippen molar-refractivity contribution in [1.29, 1.82) is 5.26 Å². The minimum Gasteiger partial charge on any atom is -0.449 e. The van der Waals surface area contributed by atoms with Crippen molar-refractivity contribution in [3.8, 4) is 109 Å². The number of nitrogens with zero attached hydrogens (tertiary/aromatic N) is 7. The number of rotatable bonds is 7. The molecule has 0 unspecified atom stereocenters. The van der Waals surface area contributed by atoms with Gasteiger partial charge in [-0.25, -0.2) is 29.9 Å². The Morgan fingerprint density at radius 3 is 1.42 bits per heavy atom. The molecule has 9 nitrogen and oxygen atoms in total. The van der Waals surface area contributed by atoms with Crippen molar-refractivity contribution in [2.45, 2.75) is 0 Å². The number of nitriles is 1. The molecule has 0 spiro atoms. The molecule has 0 saturated carbocycles. The van der Waals surface area contributed by atoms with Gasteiger partial charge in [-0.05, 0) is 41.1 Å². The van der Waals surface area contributed by atoms with Gasteiger partial charge in [0.15, 0.2) is 57.9 Å². The highest BCUT2D eigenvalue weighted by molar-refractivity contribution is 5.96. The SMILES string of the molecule is N#Cc1cc(-c2nc(-c3ccccc3)nc(-c3cccc4ccccc34)n2)cc(-c2nc(-c3ccccc3)nc(-c3ccccc3)n2)c1-c1cccc2c1Oc1ccccc1O2. The average Bonchev–Trinajstić information content (AvgIpc) is 3.35. The summed E-state index contributed by atoms with van der Waals surface area (Å²) >= 11 is 0. The third kappa shape index (κ3) is 6.64. The summed E-state index contributed by atoms with van der Waals surface area (Å²) in [7, 11) is 0. The van der Waals surface area contributed by atoms with E-state index in [0.29, 0.717) is 85.8 Å². The van der Waals surface area contributed by atoms with E-state index in [0.717, 1.165) is 33.0 Å².